The average Bonchev–Trinajstić information content (AvgIpc) is 0.706. The second kappa shape index (κ2) is 31.3. The fourth-order valence-electron chi connectivity index (χ4n) is 12.8. The summed E-state index contributed by atoms with van der Waals surface area (Å²) in [5, 5.41) is 9.80. The van der Waals surface area contributed by atoms with Crippen LogP contribution in [0.15, 0.2) is 315 Å². The smallest absolute Gasteiger partial charge is 0.168 e. The Morgan fingerprint density at radius 3 is 0.828 bits per heavy atom. The molecule has 99 heavy (non-hydrogen) atoms. The van der Waals surface area contributed by atoms with Gasteiger partial charge in [0.1, 0.15) is 17.2 Å². The van der Waals surface area contributed by atoms with E-state index in [0.717, 1.165) is 127 Å². The monoisotopic (exact) mass is 1380 g/mol. The third-order valence-electron chi connectivity index (χ3n) is 17.8. The van der Waals surface area contributed by atoms with Crippen molar-refractivity contribution in [3.8, 4) is 23.0 Å². The van der Waals surface area contributed by atoms with E-state index in [0.29, 0.717) is 18.0 Å². The van der Waals surface area contributed by atoms with Gasteiger partial charge >= 0.3 is 319 Å². The van der Waals surface area contributed by atoms with E-state index in [4.69, 9.17) is 51.4 Å². The minimum atomic E-state index is -3.70. The van der Waals surface area contributed by atoms with E-state index in [-0.39, 0.29) is 7.43 Å². The molecule has 0 aliphatic carbocycles. The number of nitrogens with zero attached hydrogens (tertiary/aromatic N) is 3. The minimum absolute atomic E-state index is 0. The number of rotatable bonds is 19. The molecule has 14 rings (SSSR count). The van der Waals surface area contributed by atoms with Crippen LogP contribution in [-0.2, 0) is 12.3 Å². The van der Waals surface area contributed by atoms with Gasteiger partial charge in [-0.25, -0.2) is 15.0 Å². The number of aromatic nitrogens is 3. The predicted molar refractivity (Wildman–Crippen MR) is 424 cm³/mol. The van der Waals surface area contributed by atoms with Crippen LogP contribution in [0.25, 0.3) is 57.0 Å². The maximum atomic E-state index is 10.4. The van der Waals surface area contributed by atoms with Crippen molar-refractivity contribution in [2.24, 2.45) is 0 Å². The van der Waals surface area contributed by atoms with E-state index in [1.54, 1.807) is 34.5 Å². The van der Waals surface area contributed by atoms with Crippen LogP contribution in [0.1, 0.15) is 51.6 Å². The second-order valence-electron chi connectivity index (χ2n) is 23.6. The summed E-state index contributed by atoms with van der Waals surface area (Å²) in [6, 6.07) is 107. The van der Waals surface area contributed by atoms with Crippen molar-refractivity contribution in [1.82, 2.24) is 15.0 Å². The molecular formula is C87H77Cl2N3O5P2. The van der Waals surface area contributed by atoms with E-state index in [1.165, 1.54) is 0 Å². The number of hydrogen-bond donors (Lipinski definition) is 0. The first kappa shape index (κ1) is 69.8. The molecule has 8 nitrogen and oxygen atoms in total. The number of pyridine rings is 3. The number of carbonyl (C=O) groups is 1. The van der Waals surface area contributed by atoms with Crippen LogP contribution >= 0.6 is 34.4 Å². The van der Waals surface area contributed by atoms with Crippen molar-refractivity contribution < 1.29 is 23.7 Å². The van der Waals surface area contributed by atoms with Crippen LogP contribution in [0.5, 0.6) is 23.0 Å². The van der Waals surface area contributed by atoms with Gasteiger partial charge in [0.15, 0.2) is 6.29 Å². The Morgan fingerprint density at radius 1 is 0.303 bits per heavy atom. The largest absolute Gasteiger partial charge is 0.296 e. The summed E-state index contributed by atoms with van der Waals surface area (Å²) >= 11 is 17.1. The maximum Gasteiger partial charge on any atom is 0.168 e. The summed E-state index contributed by atoms with van der Waals surface area (Å²) in [4.78, 5) is 23.9. The van der Waals surface area contributed by atoms with E-state index < -0.39 is 11.9 Å². The molecule has 0 aliphatic heterocycles. The Bertz CT molecular complexity index is 4650. The number of halogens is 2. The van der Waals surface area contributed by atoms with Crippen molar-refractivity contribution in [1.29, 1.82) is 0 Å². The molecule has 0 atom stereocenters. The standard InChI is InChI=1S/C46H42Cl2O2P2.C30H24N2O2.C10H7NO.CH4/c1-49-45-33-38(36-52(48,42-27-15-6-16-28-42,43-29-17-7-18-30-43)44-31-19-8-20-32-44)46(50-2)34-37(45)35-51(47,39-21-9-3-10-22-39,40-23-11-4-12-24-40)41-25-13-5-14-26-41;1-33-29-19-24(14-18-26-16-12-22-8-4-6-10-28(22)32-26)30(34-2)20-23(29)13-17-25-15-11-21-7-3-5-9-27(21)31-25;12-7-9-6-5-8-3-1-2-4-10(8)11-9;/h3-34H,35-36H2,1-2H3;3-20H,1-2H3;1-7H;1H4/b;17-13+,18-14+;;. The average molecular weight is 1380 g/mol. The molecule has 0 fully saturated rings. The molecule has 0 unspecified atom stereocenters. The summed E-state index contributed by atoms with van der Waals surface area (Å²) in [6.45, 7) is 0. The van der Waals surface area contributed by atoms with Crippen molar-refractivity contribution >= 4 is 130 Å². The maximum absolute atomic E-state index is 10.4. The molecule has 0 bridgehead atoms. The Hall–Kier alpha value is -10.6. The molecule has 0 spiro atoms. The van der Waals surface area contributed by atoms with Gasteiger partial charge in [0, 0.05) is 27.3 Å². The van der Waals surface area contributed by atoms with Gasteiger partial charge in [0.2, 0.25) is 0 Å². The summed E-state index contributed by atoms with van der Waals surface area (Å²) in [5.41, 5.74) is 8.79. The van der Waals surface area contributed by atoms with Gasteiger partial charge in [0.05, 0.1) is 42.2 Å². The molecule has 3 heterocycles. The van der Waals surface area contributed by atoms with Crippen LogP contribution in [0.4, 0.5) is 0 Å². The number of fused-ring (bicyclic) bond motifs is 3. The van der Waals surface area contributed by atoms with Gasteiger partial charge in [-0.3, -0.25) is 4.79 Å². The Balaban J connectivity index is 0.000000179. The Kier molecular flexibility index (Phi) is 22.1. The van der Waals surface area contributed by atoms with Crippen LogP contribution in [0.2, 0.25) is 0 Å². The molecule has 0 N–H and O–H groups in total. The van der Waals surface area contributed by atoms with Crippen LogP contribution in [0.3, 0.4) is 0 Å². The molecule has 0 aliphatic rings. The SMILES string of the molecule is C.COc1cc(/C=C/c2ccc3ccccc3n2)c(OC)cc1/C=C/c1ccc2ccccc2n1.COc1cc(CP(Cl)(c2ccccc2)(c2ccccc2)c2ccccc2)c(OC)cc1CP(Cl)(c1ccccc1)(c1ccccc1)c1ccccc1.O=Cc1ccc2ccccc2n1. The zero-order valence-corrected chi connectivity index (χ0v) is 58.2. The number of methoxy groups -OCH3 is 4. The molecule has 0 saturated carbocycles. The van der Waals surface area contributed by atoms with Gasteiger partial charge in [-0.15, -0.1) is 0 Å². The zero-order valence-electron chi connectivity index (χ0n) is 54.9. The predicted octanol–water partition coefficient (Wildman–Crippen LogP) is 19.9. The van der Waals surface area contributed by atoms with E-state index in [2.05, 4.69) is 187 Å². The van der Waals surface area contributed by atoms with Crippen LogP contribution in [-0.4, -0.2) is 49.7 Å². The molecule has 12 heteroatoms. The summed E-state index contributed by atoms with van der Waals surface area (Å²) < 4.78 is 24.0. The number of para-hydroxylation sites is 3. The van der Waals surface area contributed by atoms with Crippen molar-refractivity contribution in [2.45, 2.75) is 19.8 Å². The molecule has 0 radical (unpaired) electrons. The third kappa shape index (κ3) is 14.6. The summed E-state index contributed by atoms with van der Waals surface area (Å²) in [7, 11) is 6.81. The number of ether oxygens (including phenoxy) is 4. The third-order valence-corrected chi connectivity index (χ3v) is 32.2. The topological polar surface area (TPSA) is 92.7 Å². The minimum Gasteiger partial charge on any atom is -0.296 e. The van der Waals surface area contributed by atoms with E-state index in [1.807, 2.05) is 152 Å². The zero-order chi connectivity index (χ0) is 67.8. The molecule has 3 aromatic heterocycles. The Labute approximate surface area is 590 Å². The molecule has 14 aromatic rings. The molecule has 494 valence electrons. The van der Waals surface area contributed by atoms with Crippen molar-refractivity contribution in [2.75, 3.05) is 28.4 Å². The number of aldehydes is 1. The van der Waals surface area contributed by atoms with Crippen LogP contribution in [0, 0.1) is 0 Å². The molecule has 0 saturated heterocycles. The number of benzene rings is 11. The van der Waals surface area contributed by atoms with Gasteiger partial charge in [-0.05, 0) is 72.8 Å². The normalized spacial score (nSPS) is 12.1. The fourth-order valence-corrected chi connectivity index (χ4v) is 25.1. The van der Waals surface area contributed by atoms with Crippen LogP contribution < -0.4 is 50.8 Å². The first-order valence-electron chi connectivity index (χ1n) is 32.1. The molecule has 11 aromatic carbocycles. The Morgan fingerprint density at radius 2 is 0.556 bits per heavy atom. The molecule has 0 amide bonds. The molecular weight excluding hydrogens is 1300 g/mol. The van der Waals surface area contributed by atoms with E-state index >= 15 is 0 Å². The van der Waals surface area contributed by atoms with Gasteiger partial charge in [0.25, 0.3) is 0 Å². The quantitative estimate of drug-likeness (QED) is 0.0584. The number of carbonyl (C=O) groups excluding carboxylic acids is 1. The van der Waals surface area contributed by atoms with Crippen molar-refractivity contribution in [3.05, 3.63) is 355 Å². The number of hydrogen-bond acceptors (Lipinski definition) is 8. The van der Waals surface area contributed by atoms with Crippen molar-refractivity contribution in [3.63, 3.8) is 0 Å². The van der Waals surface area contributed by atoms with E-state index in [9.17, 15) is 4.79 Å². The second-order valence-corrected chi connectivity index (χ2v) is 36.5. The van der Waals surface area contributed by atoms with Gasteiger partial charge in [-0.1, -0.05) is 80.2 Å². The summed E-state index contributed by atoms with van der Waals surface area (Å²) in [6.07, 6.45) is 9.73. The summed E-state index contributed by atoms with van der Waals surface area (Å²) in [5.74, 6) is -4.41. The first-order valence-corrected chi connectivity index (χ1v) is 38.8. The van der Waals surface area contributed by atoms with Gasteiger partial charge in [-0.2, -0.15) is 0 Å². The van der Waals surface area contributed by atoms with Gasteiger partial charge < -0.3 is 9.47 Å². The fraction of sp³-hybridized carbons (Fsp3) is 0.0805. The first-order chi connectivity index (χ1) is 47.9.